The summed E-state index contributed by atoms with van der Waals surface area (Å²) < 4.78 is 0. The predicted molar refractivity (Wildman–Crippen MR) is 75.7 cm³/mol. The molecule has 17 heavy (non-hydrogen) atoms. The van der Waals surface area contributed by atoms with Crippen LogP contribution in [-0.2, 0) is 0 Å². The molecule has 0 fully saturated rings. The highest BCUT2D eigenvalue weighted by molar-refractivity contribution is 7.99. The molecule has 1 unspecified atom stereocenters. The van der Waals surface area contributed by atoms with E-state index in [0.717, 1.165) is 12.2 Å². The fraction of sp³-hybridized carbons (Fsp3) is 0.571. The van der Waals surface area contributed by atoms with Gasteiger partial charge in [0.25, 0.3) is 0 Å². The summed E-state index contributed by atoms with van der Waals surface area (Å²) in [6.07, 6.45) is 0.993. The average molecular weight is 253 g/mol. The van der Waals surface area contributed by atoms with Crippen LogP contribution in [0.1, 0.15) is 25.8 Å². The van der Waals surface area contributed by atoms with E-state index < -0.39 is 0 Å². The third kappa shape index (κ3) is 6.10. The van der Waals surface area contributed by atoms with Gasteiger partial charge in [-0.05, 0) is 31.2 Å². The second-order valence-electron chi connectivity index (χ2n) is 4.65. The number of aryl methyl sites for hydroxylation is 1. The molecule has 0 aliphatic carbocycles. The molecule has 2 N–H and O–H groups in total. The molecule has 3 heteroatoms. The SMILES string of the molecule is Cc1ccc(SCCC(CO)NC(C)C)cc1. The summed E-state index contributed by atoms with van der Waals surface area (Å²) in [4.78, 5) is 1.30. The highest BCUT2D eigenvalue weighted by Gasteiger charge is 2.08. The summed E-state index contributed by atoms with van der Waals surface area (Å²) in [7, 11) is 0. The number of nitrogens with one attached hydrogen (secondary N) is 1. The maximum Gasteiger partial charge on any atom is 0.0585 e. The quantitative estimate of drug-likeness (QED) is 0.733. The van der Waals surface area contributed by atoms with Gasteiger partial charge in [0, 0.05) is 17.0 Å². The molecule has 0 radical (unpaired) electrons. The van der Waals surface area contributed by atoms with Crippen LogP contribution in [0.15, 0.2) is 29.2 Å². The topological polar surface area (TPSA) is 32.3 Å². The lowest BCUT2D eigenvalue weighted by molar-refractivity contribution is 0.232. The Morgan fingerprint density at radius 3 is 2.41 bits per heavy atom. The first kappa shape index (κ1) is 14.6. The Hall–Kier alpha value is -0.510. The molecule has 0 heterocycles. The smallest absolute Gasteiger partial charge is 0.0585 e. The Morgan fingerprint density at radius 1 is 1.24 bits per heavy atom. The lowest BCUT2D eigenvalue weighted by Gasteiger charge is -2.18. The van der Waals surface area contributed by atoms with E-state index in [2.05, 4.69) is 50.4 Å². The van der Waals surface area contributed by atoms with E-state index in [1.165, 1.54) is 10.5 Å². The highest BCUT2D eigenvalue weighted by Crippen LogP contribution is 2.19. The average Bonchev–Trinajstić information content (AvgIpc) is 2.30. The van der Waals surface area contributed by atoms with E-state index in [1.54, 1.807) is 0 Å². The maximum absolute atomic E-state index is 9.24. The van der Waals surface area contributed by atoms with Crippen molar-refractivity contribution >= 4 is 11.8 Å². The first-order valence-electron chi connectivity index (χ1n) is 6.18. The molecule has 1 atom stereocenters. The zero-order chi connectivity index (χ0) is 12.7. The van der Waals surface area contributed by atoms with Crippen molar-refractivity contribution in [1.82, 2.24) is 5.32 Å². The van der Waals surface area contributed by atoms with Gasteiger partial charge in [0.15, 0.2) is 0 Å². The molecule has 1 aromatic carbocycles. The van der Waals surface area contributed by atoms with Crippen molar-refractivity contribution < 1.29 is 5.11 Å². The second-order valence-corrected chi connectivity index (χ2v) is 5.82. The van der Waals surface area contributed by atoms with E-state index in [4.69, 9.17) is 0 Å². The lowest BCUT2D eigenvalue weighted by Crippen LogP contribution is -2.37. The fourth-order valence-electron chi connectivity index (χ4n) is 1.65. The predicted octanol–water partition coefficient (Wildman–Crippen LogP) is 2.84. The molecule has 96 valence electrons. The standard InChI is InChI=1S/C14H23NOS/c1-11(2)15-13(10-16)8-9-17-14-6-4-12(3)5-7-14/h4-7,11,13,15-16H,8-10H2,1-3H3. The molecule has 1 rings (SSSR count). The third-order valence-corrected chi connectivity index (χ3v) is 3.59. The summed E-state index contributed by atoms with van der Waals surface area (Å²) >= 11 is 1.85. The van der Waals surface area contributed by atoms with Crippen LogP contribution in [0, 0.1) is 6.92 Å². The summed E-state index contributed by atoms with van der Waals surface area (Å²) in [6.45, 7) is 6.53. The van der Waals surface area contributed by atoms with Crippen LogP contribution in [0.5, 0.6) is 0 Å². The zero-order valence-electron chi connectivity index (χ0n) is 10.9. The van der Waals surface area contributed by atoms with Crippen molar-refractivity contribution in [1.29, 1.82) is 0 Å². The number of hydrogen-bond acceptors (Lipinski definition) is 3. The van der Waals surface area contributed by atoms with Crippen LogP contribution in [0.3, 0.4) is 0 Å². The maximum atomic E-state index is 9.24. The van der Waals surface area contributed by atoms with E-state index >= 15 is 0 Å². The Balaban J connectivity index is 2.28. The van der Waals surface area contributed by atoms with E-state index in [1.807, 2.05) is 11.8 Å². The van der Waals surface area contributed by atoms with Gasteiger partial charge in [-0.2, -0.15) is 0 Å². The first-order valence-corrected chi connectivity index (χ1v) is 7.16. The number of hydrogen-bond donors (Lipinski definition) is 2. The molecule has 1 aromatic rings. The number of thioether (sulfide) groups is 1. The second kappa shape index (κ2) is 7.75. The van der Waals surface area contributed by atoms with E-state index in [0.29, 0.717) is 6.04 Å². The van der Waals surface area contributed by atoms with Crippen LogP contribution in [0.4, 0.5) is 0 Å². The number of benzene rings is 1. The molecule has 0 aliphatic heterocycles. The summed E-state index contributed by atoms with van der Waals surface area (Å²) in [5.41, 5.74) is 1.30. The van der Waals surface area contributed by atoms with Gasteiger partial charge in [-0.25, -0.2) is 0 Å². The van der Waals surface area contributed by atoms with E-state index in [9.17, 15) is 5.11 Å². The minimum Gasteiger partial charge on any atom is -0.395 e. The Bertz CT molecular complexity index is 311. The fourth-order valence-corrected chi connectivity index (χ4v) is 2.62. The molecule has 0 saturated carbocycles. The lowest BCUT2D eigenvalue weighted by atomic mass is 10.2. The Labute approximate surface area is 109 Å². The van der Waals surface area contributed by atoms with Gasteiger partial charge < -0.3 is 10.4 Å². The minimum atomic E-state index is 0.215. The molecular weight excluding hydrogens is 230 g/mol. The molecule has 0 aliphatic rings. The summed E-state index contributed by atoms with van der Waals surface area (Å²) in [5.74, 6) is 1.04. The van der Waals surface area contributed by atoms with Crippen molar-refractivity contribution in [2.75, 3.05) is 12.4 Å². The minimum absolute atomic E-state index is 0.215. The number of rotatable bonds is 7. The zero-order valence-corrected chi connectivity index (χ0v) is 11.8. The van der Waals surface area contributed by atoms with Crippen molar-refractivity contribution in [3.63, 3.8) is 0 Å². The van der Waals surface area contributed by atoms with Crippen molar-refractivity contribution in [3.05, 3.63) is 29.8 Å². The normalized spacial score (nSPS) is 13.0. The van der Waals surface area contributed by atoms with Gasteiger partial charge in [-0.1, -0.05) is 31.5 Å². The van der Waals surface area contributed by atoms with E-state index in [-0.39, 0.29) is 12.6 Å². The van der Waals surface area contributed by atoms with Gasteiger partial charge in [0.1, 0.15) is 0 Å². The molecule has 0 spiro atoms. The van der Waals surface area contributed by atoms with Gasteiger partial charge in [0.2, 0.25) is 0 Å². The van der Waals surface area contributed by atoms with Crippen molar-refractivity contribution in [2.24, 2.45) is 0 Å². The van der Waals surface area contributed by atoms with Crippen LogP contribution < -0.4 is 5.32 Å². The number of aliphatic hydroxyl groups is 1. The van der Waals surface area contributed by atoms with Crippen LogP contribution >= 0.6 is 11.8 Å². The van der Waals surface area contributed by atoms with Gasteiger partial charge in [-0.3, -0.25) is 0 Å². The number of aliphatic hydroxyl groups excluding tert-OH is 1. The summed E-state index contributed by atoms with van der Waals surface area (Å²) in [6, 6.07) is 9.23. The van der Waals surface area contributed by atoms with Gasteiger partial charge in [0.05, 0.1) is 6.61 Å². The summed E-state index contributed by atoms with van der Waals surface area (Å²) in [5, 5.41) is 12.6. The van der Waals surface area contributed by atoms with Crippen LogP contribution in [-0.4, -0.2) is 29.5 Å². The van der Waals surface area contributed by atoms with Crippen LogP contribution in [0.2, 0.25) is 0 Å². The highest BCUT2D eigenvalue weighted by atomic mass is 32.2. The molecule has 0 saturated heterocycles. The Morgan fingerprint density at radius 2 is 1.88 bits per heavy atom. The molecule has 0 aromatic heterocycles. The molecular formula is C14H23NOS. The van der Waals surface area contributed by atoms with Crippen LogP contribution in [0.25, 0.3) is 0 Å². The van der Waals surface area contributed by atoms with Gasteiger partial charge >= 0.3 is 0 Å². The van der Waals surface area contributed by atoms with Gasteiger partial charge in [-0.15, -0.1) is 11.8 Å². The Kier molecular flexibility index (Phi) is 6.63. The third-order valence-electron chi connectivity index (χ3n) is 2.55. The monoisotopic (exact) mass is 253 g/mol. The van der Waals surface area contributed by atoms with Crippen molar-refractivity contribution in [2.45, 2.75) is 44.2 Å². The molecule has 2 nitrogen and oxygen atoms in total. The first-order chi connectivity index (χ1) is 8.11. The largest absolute Gasteiger partial charge is 0.395 e. The molecule has 0 bridgehead atoms. The molecule has 0 amide bonds. The van der Waals surface area contributed by atoms with Crippen molar-refractivity contribution in [3.8, 4) is 0 Å².